The molecule has 0 bridgehead atoms. The second kappa shape index (κ2) is 4.72. The average molecular weight is 242 g/mol. The van der Waals surface area contributed by atoms with Gasteiger partial charge in [0.2, 0.25) is 0 Å². The van der Waals surface area contributed by atoms with Gasteiger partial charge in [0, 0.05) is 11.8 Å². The van der Waals surface area contributed by atoms with E-state index in [1.165, 1.54) is 16.7 Å². The summed E-state index contributed by atoms with van der Waals surface area (Å²) in [6.07, 6.45) is 3.48. The molecule has 0 aromatic heterocycles. The molecular weight excluding hydrogens is 220 g/mol. The highest BCUT2D eigenvalue weighted by molar-refractivity contribution is 5.92. The quantitative estimate of drug-likeness (QED) is 0.759. The summed E-state index contributed by atoms with van der Waals surface area (Å²) in [5.74, 6) is 0.698. The second-order valence-corrected chi connectivity index (χ2v) is 5.92. The zero-order valence-corrected chi connectivity index (χ0v) is 11.8. The molecule has 1 nitrogen and oxygen atoms in total. The Labute approximate surface area is 110 Å². The number of carbonyl (C=O) groups excluding carboxylic acids is 1. The number of benzene rings is 1. The van der Waals surface area contributed by atoms with Crippen molar-refractivity contribution in [2.75, 3.05) is 0 Å². The Balaban J connectivity index is 2.48. The van der Waals surface area contributed by atoms with Gasteiger partial charge in [-0.25, -0.2) is 0 Å². The van der Waals surface area contributed by atoms with Gasteiger partial charge in [0.25, 0.3) is 0 Å². The van der Waals surface area contributed by atoms with E-state index < -0.39 is 0 Å². The molecule has 1 aliphatic rings. The van der Waals surface area contributed by atoms with Crippen molar-refractivity contribution >= 4 is 5.78 Å². The van der Waals surface area contributed by atoms with Crippen LogP contribution in [0.5, 0.6) is 0 Å². The topological polar surface area (TPSA) is 17.1 Å². The molecule has 0 radical (unpaired) electrons. The molecule has 0 N–H and O–H groups in total. The number of hydrogen-bond donors (Lipinski definition) is 0. The van der Waals surface area contributed by atoms with Crippen molar-refractivity contribution in [1.29, 1.82) is 0 Å². The summed E-state index contributed by atoms with van der Waals surface area (Å²) in [5.41, 5.74) is 3.92. The van der Waals surface area contributed by atoms with Gasteiger partial charge in [-0.15, -0.1) is 0 Å². The molecule has 0 aliphatic heterocycles. The Kier molecular flexibility index (Phi) is 3.43. The van der Waals surface area contributed by atoms with Gasteiger partial charge in [-0.05, 0) is 30.9 Å². The first-order valence-corrected chi connectivity index (χ1v) is 6.75. The number of carbonyl (C=O) groups is 1. The van der Waals surface area contributed by atoms with Gasteiger partial charge < -0.3 is 0 Å². The van der Waals surface area contributed by atoms with Crippen molar-refractivity contribution in [3.8, 4) is 0 Å². The van der Waals surface area contributed by atoms with E-state index in [-0.39, 0.29) is 11.2 Å². The van der Waals surface area contributed by atoms with Crippen LogP contribution in [0.3, 0.4) is 0 Å². The molecule has 1 atom stereocenters. The van der Waals surface area contributed by atoms with Gasteiger partial charge in [-0.2, -0.15) is 0 Å². The number of aryl methyl sites for hydroxylation is 1. The molecule has 0 heterocycles. The largest absolute Gasteiger partial charge is 0.295 e. The van der Waals surface area contributed by atoms with Gasteiger partial charge in [-0.3, -0.25) is 4.79 Å². The lowest BCUT2D eigenvalue weighted by Gasteiger charge is -2.38. The van der Waals surface area contributed by atoms with Crippen LogP contribution in [0.2, 0.25) is 0 Å². The van der Waals surface area contributed by atoms with E-state index >= 15 is 0 Å². The first-order valence-electron chi connectivity index (χ1n) is 6.75. The van der Waals surface area contributed by atoms with E-state index in [0.29, 0.717) is 12.3 Å². The van der Waals surface area contributed by atoms with Crippen LogP contribution in [0.1, 0.15) is 44.7 Å². The molecule has 0 fully saturated rings. The molecule has 0 unspecified atom stereocenters. The molecule has 1 heteroatoms. The first kappa shape index (κ1) is 13.1. The molecular formula is C17H22O. The standard InChI is InChI=1S/C17H22O/c1-12(2)16-11-15(18)9-10-17(16,4)14-7-5-13(3)6-8-14/h5-8,11-12H,9-10H2,1-4H3/t17-/m1/s1. The van der Waals surface area contributed by atoms with Gasteiger partial charge in [-0.1, -0.05) is 56.2 Å². The maximum absolute atomic E-state index is 11.7. The Morgan fingerprint density at radius 2 is 1.78 bits per heavy atom. The monoisotopic (exact) mass is 242 g/mol. The average Bonchev–Trinajstić information content (AvgIpc) is 2.33. The molecule has 1 aromatic rings. The Bertz CT molecular complexity index is 479. The normalized spacial score (nSPS) is 24.3. The third-order valence-corrected chi connectivity index (χ3v) is 4.14. The summed E-state index contributed by atoms with van der Waals surface area (Å²) in [4.78, 5) is 11.7. The van der Waals surface area contributed by atoms with Crippen LogP contribution in [-0.2, 0) is 10.2 Å². The highest BCUT2D eigenvalue weighted by atomic mass is 16.1. The van der Waals surface area contributed by atoms with Crippen molar-refractivity contribution in [3.05, 3.63) is 47.0 Å². The molecule has 18 heavy (non-hydrogen) atoms. The number of rotatable bonds is 2. The highest BCUT2D eigenvalue weighted by Crippen LogP contribution is 2.42. The summed E-state index contributed by atoms with van der Waals surface area (Å²) in [5, 5.41) is 0. The van der Waals surface area contributed by atoms with E-state index in [4.69, 9.17) is 0 Å². The van der Waals surface area contributed by atoms with E-state index in [0.717, 1.165) is 6.42 Å². The fourth-order valence-corrected chi connectivity index (χ4v) is 2.96. The Morgan fingerprint density at radius 1 is 1.17 bits per heavy atom. The van der Waals surface area contributed by atoms with Crippen LogP contribution >= 0.6 is 0 Å². The summed E-state index contributed by atoms with van der Waals surface area (Å²) in [6.45, 7) is 8.74. The lowest BCUT2D eigenvalue weighted by molar-refractivity contribution is -0.115. The zero-order valence-electron chi connectivity index (χ0n) is 11.8. The van der Waals surface area contributed by atoms with Crippen LogP contribution < -0.4 is 0 Å². The molecule has 1 aromatic carbocycles. The molecule has 2 rings (SSSR count). The maximum atomic E-state index is 11.7. The zero-order chi connectivity index (χ0) is 13.3. The number of allylic oxidation sites excluding steroid dienone is 2. The summed E-state index contributed by atoms with van der Waals surface area (Å²) < 4.78 is 0. The highest BCUT2D eigenvalue weighted by Gasteiger charge is 2.35. The van der Waals surface area contributed by atoms with E-state index in [1.54, 1.807) is 0 Å². The SMILES string of the molecule is Cc1ccc([C@@]2(C)CCC(=O)C=C2C(C)C)cc1. The minimum atomic E-state index is 0.0236. The summed E-state index contributed by atoms with van der Waals surface area (Å²) in [7, 11) is 0. The Morgan fingerprint density at radius 3 is 2.33 bits per heavy atom. The fourth-order valence-electron chi connectivity index (χ4n) is 2.96. The minimum absolute atomic E-state index is 0.0236. The molecule has 0 saturated carbocycles. The van der Waals surface area contributed by atoms with Crippen LogP contribution in [-0.4, -0.2) is 5.78 Å². The third-order valence-electron chi connectivity index (χ3n) is 4.14. The van der Waals surface area contributed by atoms with Gasteiger partial charge in [0.1, 0.15) is 0 Å². The van der Waals surface area contributed by atoms with Crippen LogP contribution in [0.25, 0.3) is 0 Å². The number of hydrogen-bond acceptors (Lipinski definition) is 1. The van der Waals surface area contributed by atoms with Crippen molar-refractivity contribution in [3.63, 3.8) is 0 Å². The van der Waals surface area contributed by atoms with Gasteiger partial charge in [0.15, 0.2) is 5.78 Å². The third kappa shape index (κ3) is 2.27. The molecule has 0 saturated heterocycles. The van der Waals surface area contributed by atoms with Crippen LogP contribution in [0.4, 0.5) is 0 Å². The minimum Gasteiger partial charge on any atom is -0.295 e. The van der Waals surface area contributed by atoms with Crippen LogP contribution in [0, 0.1) is 12.8 Å². The lowest BCUT2D eigenvalue weighted by atomic mass is 9.66. The van der Waals surface area contributed by atoms with Crippen LogP contribution in [0.15, 0.2) is 35.9 Å². The fraction of sp³-hybridized carbons (Fsp3) is 0.471. The number of ketones is 1. The Hall–Kier alpha value is -1.37. The molecule has 0 amide bonds. The van der Waals surface area contributed by atoms with Crippen molar-refractivity contribution in [2.24, 2.45) is 5.92 Å². The smallest absolute Gasteiger partial charge is 0.155 e. The first-order chi connectivity index (χ1) is 8.43. The summed E-state index contributed by atoms with van der Waals surface area (Å²) in [6, 6.07) is 8.74. The van der Waals surface area contributed by atoms with Gasteiger partial charge >= 0.3 is 0 Å². The molecule has 1 aliphatic carbocycles. The maximum Gasteiger partial charge on any atom is 0.155 e. The predicted octanol–water partition coefficient (Wildman–Crippen LogP) is 4.20. The second-order valence-electron chi connectivity index (χ2n) is 5.92. The van der Waals surface area contributed by atoms with Crippen molar-refractivity contribution < 1.29 is 4.79 Å². The van der Waals surface area contributed by atoms with E-state index in [1.807, 2.05) is 6.08 Å². The lowest BCUT2D eigenvalue weighted by Crippen LogP contribution is -2.32. The molecule has 0 spiro atoms. The van der Waals surface area contributed by atoms with Crippen molar-refractivity contribution in [1.82, 2.24) is 0 Å². The predicted molar refractivity (Wildman–Crippen MR) is 75.7 cm³/mol. The summed E-state index contributed by atoms with van der Waals surface area (Å²) >= 11 is 0. The van der Waals surface area contributed by atoms with E-state index in [9.17, 15) is 4.79 Å². The van der Waals surface area contributed by atoms with E-state index in [2.05, 4.69) is 52.0 Å². The van der Waals surface area contributed by atoms with Crippen molar-refractivity contribution in [2.45, 2.75) is 46.0 Å². The van der Waals surface area contributed by atoms with Gasteiger partial charge in [0.05, 0.1) is 0 Å². The molecule has 96 valence electrons.